The van der Waals surface area contributed by atoms with Crippen LogP contribution < -0.4 is 0 Å². The maximum Gasteiger partial charge on any atom is 0.295 e. The predicted molar refractivity (Wildman–Crippen MR) is 67.7 cm³/mol. The minimum Gasteiger partial charge on any atom is -0.282 e. The predicted octanol–water partition coefficient (Wildman–Crippen LogP) is 2.42. The van der Waals surface area contributed by atoms with Crippen LogP contribution in [0.2, 0.25) is 0 Å². The van der Waals surface area contributed by atoms with E-state index in [2.05, 4.69) is 0 Å². The van der Waals surface area contributed by atoms with E-state index in [0.717, 1.165) is 6.07 Å². The van der Waals surface area contributed by atoms with Gasteiger partial charge in [-0.2, -0.15) is 8.42 Å². The summed E-state index contributed by atoms with van der Waals surface area (Å²) in [5.74, 6) is 0. The van der Waals surface area contributed by atoms with Gasteiger partial charge in [0.15, 0.2) is 0 Å². The quantitative estimate of drug-likeness (QED) is 0.520. The molecule has 0 bridgehead atoms. The molecule has 0 aromatic heterocycles. The van der Waals surface area contributed by atoms with Gasteiger partial charge in [-0.1, -0.05) is 24.3 Å². The van der Waals surface area contributed by atoms with Crippen LogP contribution in [0.5, 0.6) is 0 Å². The molecule has 0 aliphatic carbocycles. The van der Waals surface area contributed by atoms with Gasteiger partial charge >= 0.3 is 0 Å². The van der Waals surface area contributed by atoms with Gasteiger partial charge in [0.2, 0.25) is 0 Å². The van der Waals surface area contributed by atoms with Gasteiger partial charge in [0, 0.05) is 6.07 Å². The highest BCUT2D eigenvalue weighted by molar-refractivity contribution is 7.86. The van der Waals surface area contributed by atoms with Crippen LogP contribution in [0.1, 0.15) is 0 Å². The molecule has 0 saturated heterocycles. The minimum absolute atomic E-state index is 0. The SMILES string of the molecule is Cl.O=[N+]([O-])c1cccc2cccc(S(=O)(=O)O)c12. The average Bonchev–Trinajstić information content (AvgIpc) is 2.26. The van der Waals surface area contributed by atoms with Gasteiger partial charge in [-0.15, -0.1) is 12.4 Å². The lowest BCUT2D eigenvalue weighted by Crippen LogP contribution is -2.01. The molecule has 18 heavy (non-hydrogen) atoms. The zero-order valence-electron chi connectivity index (χ0n) is 8.81. The average molecular weight is 290 g/mol. The number of halogens is 1. The van der Waals surface area contributed by atoms with Crippen molar-refractivity contribution in [3.05, 3.63) is 46.5 Å². The summed E-state index contributed by atoms with van der Waals surface area (Å²) in [4.78, 5) is 9.68. The zero-order valence-corrected chi connectivity index (χ0v) is 10.4. The molecule has 2 aromatic carbocycles. The Bertz CT molecular complexity index is 708. The maximum atomic E-state index is 11.2. The number of nitrogens with zero attached hydrogens (tertiary/aromatic N) is 1. The Morgan fingerprint density at radius 1 is 1.11 bits per heavy atom. The van der Waals surface area contributed by atoms with Crippen LogP contribution in [0.25, 0.3) is 10.8 Å². The number of hydrogen-bond donors (Lipinski definition) is 1. The molecule has 0 unspecified atom stereocenters. The summed E-state index contributed by atoms with van der Waals surface area (Å²) in [6, 6.07) is 8.26. The monoisotopic (exact) mass is 289 g/mol. The Morgan fingerprint density at radius 3 is 2.17 bits per heavy atom. The molecule has 8 heteroatoms. The van der Waals surface area contributed by atoms with Crippen LogP contribution in [0, 0.1) is 10.1 Å². The summed E-state index contributed by atoms with van der Waals surface area (Å²) in [5.41, 5.74) is -0.351. The lowest BCUT2D eigenvalue weighted by molar-refractivity contribution is -0.383. The number of nitro groups is 1. The van der Waals surface area contributed by atoms with Crippen LogP contribution in [0.15, 0.2) is 41.3 Å². The number of rotatable bonds is 2. The first-order valence-corrected chi connectivity index (χ1v) is 5.99. The van der Waals surface area contributed by atoms with Crippen LogP contribution in [-0.4, -0.2) is 17.9 Å². The summed E-state index contributed by atoms with van der Waals surface area (Å²) in [5, 5.41) is 11.1. The molecule has 2 rings (SSSR count). The summed E-state index contributed by atoms with van der Waals surface area (Å²) in [6.07, 6.45) is 0. The largest absolute Gasteiger partial charge is 0.295 e. The normalized spacial score (nSPS) is 10.9. The van der Waals surface area contributed by atoms with Gasteiger partial charge < -0.3 is 0 Å². The molecule has 2 aromatic rings. The van der Waals surface area contributed by atoms with Gasteiger partial charge in [0.05, 0.1) is 10.3 Å². The molecular weight excluding hydrogens is 282 g/mol. The van der Waals surface area contributed by atoms with Crippen molar-refractivity contribution in [2.45, 2.75) is 4.90 Å². The van der Waals surface area contributed by atoms with Gasteiger partial charge in [0.25, 0.3) is 15.8 Å². The number of non-ortho nitro benzene ring substituents is 1. The summed E-state index contributed by atoms with van der Waals surface area (Å²) < 4.78 is 31.4. The fourth-order valence-electron chi connectivity index (χ4n) is 1.65. The molecule has 0 fully saturated rings. The highest BCUT2D eigenvalue weighted by atomic mass is 35.5. The topological polar surface area (TPSA) is 97.5 Å². The number of benzene rings is 2. The minimum atomic E-state index is -4.49. The van der Waals surface area contributed by atoms with E-state index in [4.69, 9.17) is 4.55 Å². The van der Waals surface area contributed by atoms with E-state index in [9.17, 15) is 18.5 Å². The van der Waals surface area contributed by atoms with E-state index >= 15 is 0 Å². The van der Waals surface area contributed by atoms with E-state index < -0.39 is 19.9 Å². The smallest absolute Gasteiger partial charge is 0.282 e. The first-order valence-electron chi connectivity index (χ1n) is 4.55. The van der Waals surface area contributed by atoms with E-state index in [1.165, 1.54) is 30.3 Å². The van der Waals surface area contributed by atoms with Gasteiger partial charge in [0.1, 0.15) is 4.90 Å². The molecule has 6 nitrogen and oxygen atoms in total. The third kappa shape index (κ3) is 2.42. The third-order valence-corrected chi connectivity index (χ3v) is 3.22. The van der Waals surface area contributed by atoms with Crippen molar-refractivity contribution < 1.29 is 17.9 Å². The fraction of sp³-hybridized carbons (Fsp3) is 0. The Balaban J connectivity index is 0.00000162. The number of hydrogen-bond acceptors (Lipinski definition) is 4. The second-order valence-electron chi connectivity index (χ2n) is 3.36. The van der Waals surface area contributed by atoms with E-state index in [-0.39, 0.29) is 23.5 Å². The highest BCUT2D eigenvalue weighted by Gasteiger charge is 2.21. The van der Waals surface area contributed by atoms with E-state index in [0.29, 0.717) is 5.39 Å². The van der Waals surface area contributed by atoms with Gasteiger partial charge in [-0.25, -0.2) is 0 Å². The van der Waals surface area contributed by atoms with Gasteiger partial charge in [-0.3, -0.25) is 14.7 Å². The van der Waals surface area contributed by atoms with Gasteiger partial charge in [-0.05, 0) is 11.5 Å². The summed E-state index contributed by atoms with van der Waals surface area (Å²) >= 11 is 0. The van der Waals surface area contributed by atoms with E-state index in [1.807, 2.05) is 0 Å². The lowest BCUT2D eigenvalue weighted by Gasteiger charge is -2.03. The van der Waals surface area contributed by atoms with Crippen molar-refractivity contribution in [1.82, 2.24) is 0 Å². The maximum absolute atomic E-state index is 11.2. The molecule has 0 spiro atoms. The second-order valence-corrected chi connectivity index (χ2v) is 4.75. The molecule has 0 heterocycles. The molecule has 0 saturated carbocycles. The first kappa shape index (κ1) is 14.4. The first-order chi connectivity index (χ1) is 7.91. The van der Waals surface area contributed by atoms with E-state index in [1.54, 1.807) is 0 Å². The Labute approximate surface area is 109 Å². The number of nitro benzene ring substituents is 1. The standard InChI is InChI=1S/C10H7NO5S.ClH/c12-11(13)8-5-1-3-7-4-2-6-9(10(7)8)17(14,15)16;/h1-6H,(H,14,15,16);1H. The molecule has 0 aliphatic heterocycles. The summed E-state index contributed by atoms with van der Waals surface area (Å²) in [6.45, 7) is 0. The molecular formula is C10H8ClNO5S. The molecule has 0 radical (unpaired) electrons. The molecule has 0 atom stereocenters. The van der Waals surface area contributed by atoms with Crippen LogP contribution in [0.3, 0.4) is 0 Å². The van der Waals surface area contributed by atoms with Crippen molar-refractivity contribution in [1.29, 1.82) is 0 Å². The molecule has 1 N–H and O–H groups in total. The van der Waals surface area contributed by atoms with Crippen molar-refractivity contribution in [3.63, 3.8) is 0 Å². The van der Waals surface area contributed by atoms with Crippen molar-refractivity contribution in [3.8, 4) is 0 Å². The Morgan fingerprint density at radius 2 is 1.67 bits per heavy atom. The molecule has 96 valence electrons. The molecule has 0 aliphatic rings. The lowest BCUT2D eigenvalue weighted by atomic mass is 10.1. The van der Waals surface area contributed by atoms with Crippen LogP contribution in [0.4, 0.5) is 5.69 Å². The fourth-order valence-corrected chi connectivity index (χ4v) is 2.39. The second kappa shape index (κ2) is 4.89. The van der Waals surface area contributed by atoms with Crippen LogP contribution in [-0.2, 0) is 10.1 Å². The zero-order chi connectivity index (χ0) is 12.6. The van der Waals surface area contributed by atoms with Crippen molar-refractivity contribution in [2.24, 2.45) is 0 Å². The van der Waals surface area contributed by atoms with Crippen molar-refractivity contribution >= 4 is 39.0 Å². The third-order valence-electron chi connectivity index (χ3n) is 2.32. The summed E-state index contributed by atoms with van der Waals surface area (Å²) in [7, 11) is -4.49. The highest BCUT2D eigenvalue weighted by Crippen LogP contribution is 2.31. The van der Waals surface area contributed by atoms with Crippen molar-refractivity contribution in [2.75, 3.05) is 0 Å². The Hall–Kier alpha value is -1.70. The number of fused-ring (bicyclic) bond motifs is 1. The molecule has 0 amide bonds. The van der Waals surface area contributed by atoms with Crippen LogP contribution >= 0.6 is 12.4 Å². The Kier molecular flexibility index (Phi) is 3.90.